The molecule has 0 fully saturated rings. The number of hydrogen-bond donors (Lipinski definition) is 2. The van der Waals surface area contributed by atoms with Crippen LogP contribution < -0.4 is 24.8 Å². The molecule has 2 aromatic rings. The fourth-order valence-corrected chi connectivity index (χ4v) is 2.29. The standard InChI is InChI=1S/C21H26N2O5/c1-21(2,20(25)23-15-5-7-16(26-3)8-6-15)19(24)22-13-14-28-18-11-9-17(27-4)10-12-18/h5-12H,13-14H2,1-4H3,(H,22,24)(H,23,25). The summed E-state index contributed by atoms with van der Waals surface area (Å²) in [6.45, 7) is 3.72. The molecule has 0 aliphatic rings. The van der Waals surface area contributed by atoms with Crippen molar-refractivity contribution in [2.45, 2.75) is 13.8 Å². The smallest absolute Gasteiger partial charge is 0.239 e. The van der Waals surface area contributed by atoms with Crippen molar-refractivity contribution in [1.82, 2.24) is 5.32 Å². The fraction of sp³-hybridized carbons (Fsp3) is 0.333. The highest BCUT2D eigenvalue weighted by atomic mass is 16.5. The summed E-state index contributed by atoms with van der Waals surface area (Å²) in [7, 11) is 3.16. The predicted octanol–water partition coefficient (Wildman–Crippen LogP) is 2.86. The van der Waals surface area contributed by atoms with E-state index in [-0.39, 0.29) is 19.1 Å². The average molecular weight is 386 g/mol. The largest absolute Gasteiger partial charge is 0.497 e. The van der Waals surface area contributed by atoms with Crippen LogP contribution in [0.1, 0.15) is 13.8 Å². The minimum Gasteiger partial charge on any atom is -0.497 e. The molecule has 0 unspecified atom stereocenters. The maximum atomic E-state index is 12.5. The molecule has 7 nitrogen and oxygen atoms in total. The van der Waals surface area contributed by atoms with E-state index in [1.807, 2.05) is 0 Å². The van der Waals surface area contributed by atoms with Gasteiger partial charge in [-0.3, -0.25) is 9.59 Å². The van der Waals surface area contributed by atoms with Gasteiger partial charge in [0, 0.05) is 5.69 Å². The molecule has 0 aliphatic carbocycles. The van der Waals surface area contributed by atoms with E-state index in [0.29, 0.717) is 17.2 Å². The van der Waals surface area contributed by atoms with Crippen LogP contribution in [0.4, 0.5) is 5.69 Å². The number of rotatable bonds is 9. The number of methoxy groups -OCH3 is 2. The minimum absolute atomic E-state index is 0.282. The normalized spacial score (nSPS) is 10.7. The number of benzene rings is 2. The second kappa shape index (κ2) is 9.64. The molecule has 2 amide bonds. The molecule has 0 aliphatic heterocycles. The topological polar surface area (TPSA) is 85.9 Å². The van der Waals surface area contributed by atoms with E-state index in [0.717, 1.165) is 5.75 Å². The number of hydrogen-bond acceptors (Lipinski definition) is 5. The SMILES string of the molecule is COc1ccc(NC(=O)C(C)(C)C(=O)NCCOc2ccc(OC)cc2)cc1. The molecule has 7 heteroatoms. The van der Waals surface area contributed by atoms with Gasteiger partial charge in [0.15, 0.2) is 0 Å². The third-order valence-electron chi connectivity index (χ3n) is 4.20. The third-order valence-corrected chi connectivity index (χ3v) is 4.20. The van der Waals surface area contributed by atoms with Crippen molar-refractivity contribution in [3.63, 3.8) is 0 Å². The first-order chi connectivity index (χ1) is 13.4. The van der Waals surface area contributed by atoms with Gasteiger partial charge in [0.25, 0.3) is 0 Å². The van der Waals surface area contributed by atoms with E-state index in [1.54, 1.807) is 76.6 Å². The molecule has 2 aromatic carbocycles. The van der Waals surface area contributed by atoms with Gasteiger partial charge in [-0.05, 0) is 62.4 Å². The highest BCUT2D eigenvalue weighted by Crippen LogP contribution is 2.21. The van der Waals surface area contributed by atoms with Crippen LogP contribution in [0.5, 0.6) is 17.2 Å². The lowest BCUT2D eigenvalue weighted by Crippen LogP contribution is -2.46. The molecule has 0 aromatic heterocycles. The maximum absolute atomic E-state index is 12.5. The van der Waals surface area contributed by atoms with Crippen LogP contribution in [-0.2, 0) is 9.59 Å². The molecule has 2 N–H and O–H groups in total. The van der Waals surface area contributed by atoms with Crippen LogP contribution in [0.15, 0.2) is 48.5 Å². The molecular weight excluding hydrogens is 360 g/mol. The number of ether oxygens (including phenoxy) is 3. The van der Waals surface area contributed by atoms with E-state index < -0.39 is 11.3 Å². The Bertz CT molecular complexity index is 785. The van der Waals surface area contributed by atoms with Gasteiger partial charge in [0.05, 0.1) is 20.8 Å². The van der Waals surface area contributed by atoms with Crippen LogP contribution >= 0.6 is 0 Å². The van der Waals surface area contributed by atoms with Crippen LogP contribution in [0.2, 0.25) is 0 Å². The molecule has 0 spiro atoms. The van der Waals surface area contributed by atoms with Gasteiger partial charge in [-0.15, -0.1) is 0 Å². The summed E-state index contributed by atoms with van der Waals surface area (Å²) >= 11 is 0. The number of amides is 2. The molecule has 0 radical (unpaired) electrons. The van der Waals surface area contributed by atoms with Crippen LogP contribution in [-0.4, -0.2) is 39.2 Å². The Kier molecular flexibility index (Phi) is 7.26. The van der Waals surface area contributed by atoms with Gasteiger partial charge < -0.3 is 24.8 Å². The summed E-state index contributed by atoms with van der Waals surface area (Å²) in [5.74, 6) is 1.33. The monoisotopic (exact) mass is 386 g/mol. The molecule has 0 saturated heterocycles. The lowest BCUT2D eigenvalue weighted by atomic mass is 9.91. The second-order valence-corrected chi connectivity index (χ2v) is 6.59. The van der Waals surface area contributed by atoms with E-state index in [2.05, 4.69) is 10.6 Å². The third kappa shape index (κ3) is 5.64. The zero-order valence-corrected chi connectivity index (χ0v) is 16.6. The molecule has 0 atom stereocenters. The van der Waals surface area contributed by atoms with Gasteiger partial charge in [0.2, 0.25) is 11.8 Å². The van der Waals surface area contributed by atoms with Crippen LogP contribution in [0.3, 0.4) is 0 Å². The molecular formula is C21H26N2O5. The summed E-state index contributed by atoms with van der Waals surface area (Å²) < 4.78 is 15.7. The van der Waals surface area contributed by atoms with Crippen LogP contribution in [0.25, 0.3) is 0 Å². The quantitative estimate of drug-likeness (QED) is 0.511. The van der Waals surface area contributed by atoms with Gasteiger partial charge in [-0.25, -0.2) is 0 Å². The molecule has 0 heterocycles. The first kappa shape index (κ1) is 21.1. The first-order valence-corrected chi connectivity index (χ1v) is 8.87. The number of anilines is 1. The first-order valence-electron chi connectivity index (χ1n) is 8.87. The molecule has 2 rings (SSSR count). The van der Waals surface area contributed by atoms with Gasteiger partial charge in [-0.2, -0.15) is 0 Å². The summed E-state index contributed by atoms with van der Waals surface area (Å²) in [4.78, 5) is 24.9. The van der Waals surface area contributed by atoms with Crippen molar-refractivity contribution in [3.8, 4) is 17.2 Å². The Morgan fingerprint density at radius 1 is 0.821 bits per heavy atom. The van der Waals surface area contributed by atoms with Crippen molar-refractivity contribution in [2.24, 2.45) is 5.41 Å². The van der Waals surface area contributed by atoms with Crippen molar-refractivity contribution in [3.05, 3.63) is 48.5 Å². The number of carbonyl (C=O) groups excluding carboxylic acids is 2. The highest BCUT2D eigenvalue weighted by molar-refractivity contribution is 6.09. The van der Waals surface area contributed by atoms with Gasteiger partial charge >= 0.3 is 0 Å². The summed E-state index contributed by atoms with van der Waals surface area (Å²) in [6, 6.07) is 14.1. The van der Waals surface area contributed by atoms with Crippen molar-refractivity contribution < 1.29 is 23.8 Å². The summed E-state index contributed by atoms with van der Waals surface area (Å²) in [6.07, 6.45) is 0. The average Bonchev–Trinajstić information content (AvgIpc) is 2.71. The van der Waals surface area contributed by atoms with E-state index in [1.165, 1.54) is 0 Å². The molecule has 28 heavy (non-hydrogen) atoms. The Morgan fingerprint density at radius 3 is 1.86 bits per heavy atom. The lowest BCUT2D eigenvalue weighted by Gasteiger charge is -2.22. The minimum atomic E-state index is -1.24. The number of nitrogens with one attached hydrogen (secondary N) is 2. The second-order valence-electron chi connectivity index (χ2n) is 6.59. The van der Waals surface area contributed by atoms with Crippen molar-refractivity contribution in [1.29, 1.82) is 0 Å². The summed E-state index contributed by atoms with van der Waals surface area (Å²) in [5.41, 5.74) is -0.644. The molecule has 0 bridgehead atoms. The Hall–Kier alpha value is -3.22. The zero-order chi connectivity index (χ0) is 20.6. The summed E-state index contributed by atoms with van der Waals surface area (Å²) in [5, 5.41) is 5.47. The Morgan fingerprint density at radius 2 is 1.32 bits per heavy atom. The van der Waals surface area contributed by atoms with Crippen LogP contribution in [0, 0.1) is 5.41 Å². The zero-order valence-electron chi connectivity index (χ0n) is 16.6. The number of carbonyl (C=O) groups is 2. The fourth-order valence-electron chi connectivity index (χ4n) is 2.29. The van der Waals surface area contributed by atoms with Gasteiger partial charge in [-0.1, -0.05) is 0 Å². The molecule has 0 saturated carbocycles. The van der Waals surface area contributed by atoms with E-state index in [9.17, 15) is 9.59 Å². The Labute approximate surface area is 165 Å². The van der Waals surface area contributed by atoms with Crippen molar-refractivity contribution in [2.75, 3.05) is 32.7 Å². The lowest BCUT2D eigenvalue weighted by molar-refractivity contribution is -0.138. The Balaban J connectivity index is 1.80. The van der Waals surface area contributed by atoms with Gasteiger partial charge in [0.1, 0.15) is 29.3 Å². The molecule has 150 valence electrons. The highest BCUT2D eigenvalue weighted by Gasteiger charge is 2.35. The maximum Gasteiger partial charge on any atom is 0.239 e. The predicted molar refractivity (Wildman–Crippen MR) is 107 cm³/mol. The van der Waals surface area contributed by atoms with Crippen molar-refractivity contribution >= 4 is 17.5 Å². The van der Waals surface area contributed by atoms with E-state index >= 15 is 0 Å². The van der Waals surface area contributed by atoms with E-state index in [4.69, 9.17) is 14.2 Å².